The fourth-order valence-electron chi connectivity index (χ4n) is 1.00. The zero-order valence-corrected chi connectivity index (χ0v) is 9.71. The summed E-state index contributed by atoms with van der Waals surface area (Å²) < 4.78 is 0. The number of allylic oxidation sites excluding steroid dienone is 1. The van der Waals surface area contributed by atoms with Crippen LogP contribution in [0.25, 0.3) is 0 Å². The Hall–Kier alpha value is 0.0900. The molecule has 0 saturated carbocycles. The Morgan fingerprint density at radius 1 is 1.33 bits per heavy atom. The predicted molar refractivity (Wildman–Crippen MR) is 60.6 cm³/mol. The van der Waals surface area contributed by atoms with E-state index in [0.29, 0.717) is 5.25 Å². The van der Waals surface area contributed by atoms with E-state index in [1.54, 1.807) is 0 Å². The molecule has 0 radical (unpaired) electrons. The average molecular weight is 186 g/mol. The highest BCUT2D eigenvalue weighted by Gasteiger charge is 2.02. The minimum Gasteiger partial charge on any atom is -0.128 e. The second-order valence-electron chi connectivity index (χ2n) is 3.76. The van der Waals surface area contributed by atoms with Gasteiger partial charge in [0.25, 0.3) is 0 Å². The smallest absolute Gasteiger partial charge is 0.00343 e. The largest absolute Gasteiger partial charge is 0.128 e. The van der Waals surface area contributed by atoms with Crippen molar-refractivity contribution in [2.75, 3.05) is 0 Å². The molecule has 12 heavy (non-hydrogen) atoms. The average Bonchev–Trinajstić information content (AvgIpc) is 1.99. The van der Waals surface area contributed by atoms with Gasteiger partial charge in [-0.2, -0.15) is 0 Å². The maximum absolute atomic E-state index is 4.06. The van der Waals surface area contributed by atoms with Crippen molar-refractivity contribution >= 4 is 11.8 Å². The fraction of sp³-hybridized carbons (Fsp3) is 0.818. The van der Waals surface area contributed by atoms with E-state index in [0.717, 1.165) is 5.92 Å². The van der Waals surface area contributed by atoms with Gasteiger partial charge < -0.3 is 0 Å². The standard InChI is InChI=1S/C11H22S/c1-6-10(4)7-8-11(5)12-9(2)3/h9-10H,5-8H2,1-4H3. The second kappa shape index (κ2) is 6.59. The van der Waals surface area contributed by atoms with Crippen LogP contribution in [0.1, 0.15) is 47.0 Å². The maximum Gasteiger partial charge on any atom is 0.00343 e. The van der Waals surface area contributed by atoms with Crippen molar-refractivity contribution in [2.24, 2.45) is 5.92 Å². The van der Waals surface area contributed by atoms with Crippen LogP contribution in [0, 0.1) is 5.92 Å². The van der Waals surface area contributed by atoms with Gasteiger partial charge in [0.1, 0.15) is 0 Å². The minimum atomic E-state index is 0.689. The molecule has 1 unspecified atom stereocenters. The Labute approximate surface area is 81.8 Å². The third-order valence-corrected chi connectivity index (χ3v) is 3.02. The van der Waals surface area contributed by atoms with E-state index in [4.69, 9.17) is 0 Å². The molecule has 0 aliphatic carbocycles. The van der Waals surface area contributed by atoms with Crippen LogP contribution in [0.15, 0.2) is 11.5 Å². The molecule has 0 bridgehead atoms. The van der Waals surface area contributed by atoms with E-state index in [1.807, 2.05) is 11.8 Å². The molecule has 0 aromatic carbocycles. The van der Waals surface area contributed by atoms with E-state index in [2.05, 4.69) is 34.3 Å². The lowest BCUT2D eigenvalue weighted by Crippen LogP contribution is -1.93. The number of hydrogen-bond donors (Lipinski definition) is 0. The lowest BCUT2D eigenvalue weighted by Gasteiger charge is -2.11. The summed E-state index contributed by atoms with van der Waals surface area (Å²) in [7, 11) is 0. The van der Waals surface area contributed by atoms with E-state index >= 15 is 0 Å². The highest BCUT2D eigenvalue weighted by Crippen LogP contribution is 2.25. The van der Waals surface area contributed by atoms with Gasteiger partial charge in [0.05, 0.1) is 0 Å². The topological polar surface area (TPSA) is 0 Å². The zero-order chi connectivity index (χ0) is 9.56. The molecular weight excluding hydrogens is 164 g/mol. The van der Waals surface area contributed by atoms with E-state index in [-0.39, 0.29) is 0 Å². The Morgan fingerprint density at radius 2 is 1.92 bits per heavy atom. The summed E-state index contributed by atoms with van der Waals surface area (Å²) in [6.07, 6.45) is 3.78. The summed E-state index contributed by atoms with van der Waals surface area (Å²) in [4.78, 5) is 1.35. The summed E-state index contributed by atoms with van der Waals surface area (Å²) >= 11 is 1.91. The van der Waals surface area contributed by atoms with Gasteiger partial charge in [-0.25, -0.2) is 0 Å². The predicted octanol–water partition coefficient (Wildman–Crippen LogP) is 4.47. The van der Waals surface area contributed by atoms with Crippen molar-refractivity contribution in [1.29, 1.82) is 0 Å². The van der Waals surface area contributed by atoms with Gasteiger partial charge in [0.2, 0.25) is 0 Å². The Kier molecular flexibility index (Phi) is 6.64. The van der Waals surface area contributed by atoms with Crippen LogP contribution in [0.3, 0.4) is 0 Å². The first-order valence-corrected chi connectivity index (χ1v) is 5.78. The van der Waals surface area contributed by atoms with Crippen LogP contribution in [0.4, 0.5) is 0 Å². The van der Waals surface area contributed by atoms with Crippen molar-refractivity contribution in [1.82, 2.24) is 0 Å². The first-order valence-electron chi connectivity index (χ1n) is 4.90. The molecule has 0 saturated heterocycles. The molecule has 0 heterocycles. The zero-order valence-electron chi connectivity index (χ0n) is 8.89. The second-order valence-corrected chi connectivity index (χ2v) is 5.51. The molecule has 0 aromatic heterocycles. The lowest BCUT2D eigenvalue weighted by atomic mass is 10.0. The minimum absolute atomic E-state index is 0.689. The van der Waals surface area contributed by atoms with Crippen LogP contribution >= 0.6 is 11.8 Å². The summed E-state index contributed by atoms with van der Waals surface area (Å²) in [5.41, 5.74) is 0. The highest BCUT2D eigenvalue weighted by atomic mass is 32.2. The molecule has 0 amide bonds. The van der Waals surface area contributed by atoms with Gasteiger partial charge >= 0.3 is 0 Å². The van der Waals surface area contributed by atoms with Gasteiger partial charge in [0, 0.05) is 5.25 Å². The molecule has 0 nitrogen and oxygen atoms in total. The van der Waals surface area contributed by atoms with Gasteiger partial charge in [-0.15, -0.1) is 11.8 Å². The Morgan fingerprint density at radius 3 is 2.33 bits per heavy atom. The number of rotatable bonds is 6. The molecule has 1 atom stereocenters. The normalized spacial score (nSPS) is 13.4. The molecule has 72 valence electrons. The molecule has 0 aliphatic rings. The van der Waals surface area contributed by atoms with Crippen molar-refractivity contribution in [2.45, 2.75) is 52.2 Å². The van der Waals surface area contributed by atoms with Crippen LogP contribution in [0.5, 0.6) is 0 Å². The third-order valence-electron chi connectivity index (χ3n) is 2.02. The van der Waals surface area contributed by atoms with Crippen molar-refractivity contribution in [3.8, 4) is 0 Å². The molecule has 0 spiro atoms. The van der Waals surface area contributed by atoms with Crippen LogP contribution in [-0.2, 0) is 0 Å². The number of thioether (sulfide) groups is 1. The van der Waals surface area contributed by atoms with E-state index < -0.39 is 0 Å². The van der Waals surface area contributed by atoms with Crippen molar-refractivity contribution < 1.29 is 0 Å². The van der Waals surface area contributed by atoms with Crippen LogP contribution in [-0.4, -0.2) is 5.25 Å². The molecule has 0 aliphatic heterocycles. The monoisotopic (exact) mass is 186 g/mol. The van der Waals surface area contributed by atoms with E-state index in [1.165, 1.54) is 24.2 Å². The first-order chi connectivity index (χ1) is 5.56. The van der Waals surface area contributed by atoms with Crippen molar-refractivity contribution in [3.63, 3.8) is 0 Å². The highest BCUT2D eigenvalue weighted by molar-refractivity contribution is 8.03. The Bertz CT molecular complexity index is 127. The van der Waals surface area contributed by atoms with Gasteiger partial charge in [-0.05, 0) is 23.7 Å². The number of hydrogen-bond acceptors (Lipinski definition) is 1. The van der Waals surface area contributed by atoms with Crippen molar-refractivity contribution in [3.05, 3.63) is 11.5 Å². The third kappa shape index (κ3) is 6.78. The lowest BCUT2D eigenvalue weighted by molar-refractivity contribution is 0.520. The molecule has 0 fully saturated rings. The SMILES string of the molecule is C=C(CCC(C)CC)SC(C)C. The molecular formula is C11H22S. The van der Waals surface area contributed by atoms with Gasteiger partial charge in [-0.3, -0.25) is 0 Å². The summed E-state index contributed by atoms with van der Waals surface area (Å²) in [6.45, 7) is 13.1. The molecule has 1 heteroatoms. The molecule has 0 aromatic rings. The van der Waals surface area contributed by atoms with E-state index in [9.17, 15) is 0 Å². The molecule has 0 rings (SSSR count). The van der Waals surface area contributed by atoms with Gasteiger partial charge in [-0.1, -0.05) is 40.7 Å². The summed E-state index contributed by atoms with van der Waals surface area (Å²) in [6, 6.07) is 0. The van der Waals surface area contributed by atoms with Crippen LogP contribution in [0.2, 0.25) is 0 Å². The van der Waals surface area contributed by atoms with Gasteiger partial charge in [0.15, 0.2) is 0 Å². The summed E-state index contributed by atoms with van der Waals surface area (Å²) in [5, 5.41) is 0.689. The Balaban J connectivity index is 3.44. The molecule has 0 N–H and O–H groups in total. The fourth-order valence-corrected chi connectivity index (χ4v) is 1.91. The summed E-state index contributed by atoms with van der Waals surface area (Å²) in [5.74, 6) is 0.856. The quantitative estimate of drug-likeness (QED) is 0.590. The maximum atomic E-state index is 4.06. The first kappa shape index (κ1) is 12.1. The van der Waals surface area contributed by atoms with Crippen LogP contribution < -0.4 is 0 Å².